The van der Waals surface area contributed by atoms with Crippen LogP contribution in [0.15, 0.2) is 36.4 Å². The summed E-state index contributed by atoms with van der Waals surface area (Å²) in [6, 6.07) is 13.2. The fraction of sp³-hybridized carbons (Fsp3) is 0.471. The number of para-hydroxylation sites is 1. The summed E-state index contributed by atoms with van der Waals surface area (Å²) >= 11 is 6.01. The fourth-order valence-electron chi connectivity index (χ4n) is 3.18. The molecule has 0 N–H and O–H groups in total. The molecule has 20 heavy (non-hydrogen) atoms. The van der Waals surface area contributed by atoms with Gasteiger partial charge in [0.25, 0.3) is 0 Å². The molecule has 1 aliphatic rings. The van der Waals surface area contributed by atoms with Crippen LogP contribution in [0, 0.1) is 0 Å². The van der Waals surface area contributed by atoms with Gasteiger partial charge in [-0.15, -0.1) is 11.6 Å². The van der Waals surface area contributed by atoms with Gasteiger partial charge in [0.15, 0.2) is 0 Å². The Kier molecular flexibility index (Phi) is 4.41. The molecule has 0 radical (unpaired) electrons. The molecular weight excluding hydrogens is 268 g/mol. The van der Waals surface area contributed by atoms with Gasteiger partial charge < -0.3 is 4.90 Å². The van der Waals surface area contributed by atoms with Crippen molar-refractivity contribution in [2.75, 3.05) is 17.3 Å². The van der Waals surface area contributed by atoms with E-state index in [9.17, 15) is 0 Å². The van der Waals surface area contributed by atoms with Crippen molar-refractivity contribution in [1.29, 1.82) is 0 Å². The summed E-state index contributed by atoms with van der Waals surface area (Å²) in [6.07, 6.45) is 6.57. The Bertz CT molecular complexity index is 564. The molecule has 1 aromatic carbocycles. The molecular formula is C17H21ClN2. The Hall–Kier alpha value is -1.28. The zero-order valence-corrected chi connectivity index (χ0v) is 12.5. The molecule has 3 rings (SSSR count). The Labute approximate surface area is 125 Å². The number of pyridine rings is 1. The molecule has 3 heteroatoms. The van der Waals surface area contributed by atoms with Crippen LogP contribution >= 0.6 is 11.6 Å². The monoisotopic (exact) mass is 288 g/mol. The zero-order chi connectivity index (χ0) is 13.8. The molecule has 1 heterocycles. The van der Waals surface area contributed by atoms with Gasteiger partial charge in [-0.05, 0) is 31.0 Å². The van der Waals surface area contributed by atoms with E-state index in [0.29, 0.717) is 11.9 Å². The highest BCUT2D eigenvalue weighted by molar-refractivity contribution is 6.18. The van der Waals surface area contributed by atoms with Crippen LogP contribution in [-0.4, -0.2) is 23.5 Å². The van der Waals surface area contributed by atoms with Crippen molar-refractivity contribution in [2.24, 2.45) is 0 Å². The maximum absolute atomic E-state index is 6.01. The molecule has 0 unspecified atom stereocenters. The third kappa shape index (κ3) is 2.90. The van der Waals surface area contributed by atoms with Crippen LogP contribution in [-0.2, 0) is 0 Å². The van der Waals surface area contributed by atoms with E-state index in [1.807, 2.05) is 6.07 Å². The van der Waals surface area contributed by atoms with Crippen molar-refractivity contribution < 1.29 is 0 Å². The smallest absolute Gasteiger partial charge is 0.129 e. The van der Waals surface area contributed by atoms with E-state index in [4.69, 9.17) is 16.6 Å². The standard InChI is InChI=1S/C17H21ClN2/c18-12-13-20(15-7-2-1-3-8-15)17-11-10-14-6-4-5-9-16(14)19-17/h4-6,9-11,15H,1-3,7-8,12-13H2. The Balaban J connectivity index is 1.91. The molecule has 1 saturated carbocycles. The van der Waals surface area contributed by atoms with Crippen LogP contribution in [0.25, 0.3) is 10.9 Å². The lowest BCUT2D eigenvalue weighted by atomic mass is 9.94. The summed E-state index contributed by atoms with van der Waals surface area (Å²) in [6.45, 7) is 0.886. The molecule has 1 aromatic heterocycles. The van der Waals surface area contributed by atoms with Crippen LogP contribution in [0.3, 0.4) is 0 Å². The molecule has 2 nitrogen and oxygen atoms in total. The first-order chi connectivity index (χ1) is 9.88. The fourth-order valence-corrected chi connectivity index (χ4v) is 3.37. The lowest BCUT2D eigenvalue weighted by molar-refractivity contribution is 0.417. The van der Waals surface area contributed by atoms with E-state index < -0.39 is 0 Å². The van der Waals surface area contributed by atoms with Gasteiger partial charge in [0.1, 0.15) is 5.82 Å². The van der Waals surface area contributed by atoms with Gasteiger partial charge in [0.05, 0.1) is 5.52 Å². The minimum absolute atomic E-state index is 0.608. The predicted molar refractivity (Wildman–Crippen MR) is 86.7 cm³/mol. The second-order valence-corrected chi connectivity index (χ2v) is 5.91. The highest BCUT2D eigenvalue weighted by atomic mass is 35.5. The van der Waals surface area contributed by atoms with Gasteiger partial charge in [-0.3, -0.25) is 0 Å². The number of halogens is 1. The SMILES string of the molecule is ClCCN(c1ccc2ccccc2n1)C1CCCCC1. The van der Waals surface area contributed by atoms with E-state index in [-0.39, 0.29) is 0 Å². The number of rotatable bonds is 4. The highest BCUT2D eigenvalue weighted by Crippen LogP contribution is 2.27. The van der Waals surface area contributed by atoms with Gasteiger partial charge in [0.2, 0.25) is 0 Å². The first-order valence-electron chi connectivity index (χ1n) is 7.57. The van der Waals surface area contributed by atoms with E-state index in [0.717, 1.165) is 17.9 Å². The van der Waals surface area contributed by atoms with E-state index >= 15 is 0 Å². The Morgan fingerprint density at radius 2 is 1.85 bits per heavy atom. The molecule has 0 aliphatic heterocycles. The predicted octanol–water partition coefficient (Wildman–Crippen LogP) is 4.61. The van der Waals surface area contributed by atoms with Crippen molar-refractivity contribution in [3.8, 4) is 0 Å². The second-order valence-electron chi connectivity index (χ2n) is 5.54. The number of benzene rings is 1. The molecule has 0 spiro atoms. The maximum Gasteiger partial charge on any atom is 0.129 e. The third-order valence-electron chi connectivity index (χ3n) is 4.22. The van der Waals surface area contributed by atoms with Gasteiger partial charge in [0, 0.05) is 23.9 Å². The average molecular weight is 289 g/mol. The summed E-state index contributed by atoms with van der Waals surface area (Å²) in [5.41, 5.74) is 1.07. The number of hydrogen-bond donors (Lipinski definition) is 0. The number of fused-ring (bicyclic) bond motifs is 1. The zero-order valence-electron chi connectivity index (χ0n) is 11.8. The van der Waals surface area contributed by atoms with E-state index in [2.05, 4.69) is 35.2 Å². The summed E-state index contributed by atoms with van der Waals surface area (Å²) in [5, 5.41) is 1.20. The maximum atomic E-state index is 6.01. The second kappa shape index (κ2) is 6.45. The largest absolute Gasteiger partial charge is 0.352 e. The average Bonchev–Trinajstić information content (AvgIpc) is 2.53. The summed E-state index contributed by atoms with van der Waals surface area (Å²) in [5.74, 6) is 1.74. The molecule has 0 saturated heterocycles. The van der Waals surface area contributed by atoms with Crippen LogP contribution in [0.4, 0.5) is 5.82 Å². The van der Waals surface area contributed by atoms with Gasteiger partial charge in [-0.2, -0.15) is 0 Å². The third-order valence-corrected chi connectivity index (χ3v) is 4.39. The topological polar surface area (TPSA) is 16.1 Å². The molecule has 0 bridgehead atoms. The molecule has 0 atom stereocenters. The van der Waals surface area contributed by atoms with E-state index in [1.54, 1.807) is 0 Å². The lowest BCUT2D eigenvalue weighted by Crippen LogP contribution is -2.38. The van der Waals surface area contributed by atoms with Crippen molar-refractivity contribution >= 4 is 28.3 Å². The molecule has 2 aromatic rings. The first kappa shape index (κ1) is 13.7. The first-order valence-corrected chi connectivity index (χ1v) is 8.10. The van der Waals surface area contributed by atoms with E-state index in [1.165, 1.54) is 37.5 Å². The molecule has 1 fully saturated rings. The van der Waals surface area contributed by atoms with Crippen LogP contribution < -0.4 is 4.90 Å². The van der Waals surface area contributed by atoms with Crippen molar-refractivity contribution in [3.05, 3.63) is 36.4 Å². The van der Waals surface area contributed by atoms with Gasteiger partial charge in [-0.1, -0.05) is 37.5 Å². The summed E-state index contributed by atoms with van der Waals surface area (Å²) in [4.78, 5) is 7.25. The van der Waals surface area contributed by atoms with Crippen molar-refractivity contribution in [2.45, 2.75) is 38.1 Å². The number of alkyl halides is 1. The lowest BCUT2D eigenvalue weighted by Gasteiger charge is -2.35. The Morgan fingerprint density at radius 3 is 2.65 bits per heavy atom. The summed E-state index contributed by atoms with van der Waals surface area (Å²) in [7, 11) is 0. The van der Waals surface area contributed by atoms with Crippen molar-refractivity contribution in [3.63, 3.8) is 0 Å². The minimum Gasteiger partial charge on any atom is -0.352 e. The minimum atomic E-state index is 0.608. The highest BCUT2D eigenvalue weighted by Gasteiger charge is 2.21. The number of aromatic nitrogens is 1. The van der Waals surface area contributed by atoms with Crippen LogP contribution in [0.1, 0.15) is 32.1 Å². The number of anilines is 1. The summed E-state index contributed by atoms with van der Waals surface area (Å²) < 4.78 is 0. The molecule has 106 valence electrons. The molecule has 1 aliphatic carbocycles. The van der Waals surface area contributed by atoms with Crippen LogP contribution in [0.2, 0.25) is 0 Å². The van der Waals surface area contributed by atoms with Gasteiger partial charge in [-0.25, -0.2) is 4.98 Å². The quantitative estimate of drug-likeness (QED) is 0.764. The van der Waals surface area contributed by atoms with Crippen LogP contribution in [0.5, 0.6) is 0 Å². The molecule has 0 amide bonds. The number of hydrogen-bond acceptors (Lipinski definition) is 2. The van der Waals surface area contributed by atoms with Gasteiger partial charge >= 0.3 is 0 Å². The van der Waals surface area contributed by atoms with Crippen molar-refractivity contribution in [1.82, 2.24) is 4.98 Å². The normalized spacial score (nSPS) is 16.4. The number of nitrogens with zero attached hydrogens (tertiary/aromatic N) is 2. The Morgan fingerprint density at radius 1 is 1.05 bits per heavy atom.